The van der Waals surface area contributed by atoms with Crippen molar-refractivity contribution in [2.24, 2.45) is 10.7 Å². The van der Waals surface area contributed by atoms with Gasteiger partial charge in [0.05, 0.1) is 23.9 Å². The Morgan fingerprint density at radius 2 is 2.19 bits per heavy atom. The third-order valence-corrected chi connectivity index (χ3v) is 5.57. The highest BCUT2D eigenvalue weighted by molar-refractivity contribution is 8.17. The summed E-state index contributed by atoms with van der Waals surface area (Å²) < 4.78 is 5.32. The molecule has 140 valence electrons. The Bertz CT molecular complexity index is 917. The third kappa shape index (κ3) is 3.43. The van der Waals surface area contributed by atoms with Gasteiger partial charge in [0.2, 0.25) is 0 Å². The van der Waals surface area contributed by atoms with Crippen molar-refractivity contribution in [2.45, 2.75) is 32.7 Å². The quantitative estimate of drug-likeness (QED) is 0.746. The Morgan fingerprint density at radius 3 is 2.81 bits per heavy atom. The molecule has 0 aliphatic carbocycles. The average Bonchev–Trinajstić information content (AvgIpc) is 2.97. The van der Waals surface area contributed by atoms with Crippen LogP contribution < -0.4 is 5.73 Å². The zero-order valence-corrected chi connectivity index (χ0v) is 16.6. The largest absolute Gasteiger partial charge is 0.463 e. The van der Waals surface area contributed by atoms with E-state index in [1.807, 2.05) is 25.1 Å². The van der Waals surface area contributed by atoms with Gasteiger partial charge in [-0.25, -0.2) is 9.79 Å². The van der Waals surface area contributed by atoms with Crippen LogP contribution in [0, 0.1) is 11.3 Å². The SMILES string of the molecule is CCCC1=C(C(=O)OCC)[C@H](c2ccccc2Cl)N2C(=N1)SC(C#N)=C2N. The molecule has 0 unspecified atom stereocenters. The number of rotatable bonds is 5. The molecule has 3 rings (SSSR count). The number of hydrogen-bond donors (Lipinski definition) is 1. The second-order valence-corrected chi connectivity index (χ2v) is 7.33. The van der Waals surface area contributed by atoms with E-state index in [2.05, 4.69) is 11.1 Å². The van der Waals surface area contributed by atoms with Crippen LogP contribution in [0.2, 0.25) is 5.02 Å². The van der Waals surface area contributed by atoms with E-state index in [1.54, 1.807) is 17.9 Å². The molecule has 27 heavy (non-hydrogen) atoms. The number of esters is 1. The van der Waals surface area contributed by atoms with Gasteiger partial charge >= 0.3 is 5.97 Å². The van der Waals surface area contributed by atoms with Crippen LogP contribution in [0.25, 0.3) is 0 Å². The first-order chi connectivity index (χ1) is 13.0. The molecule has 2 aliphatic heterocycles. The normalized spacial score (nSPS) is 19.0. The molecule has 1 atom stereocenters. The van der Waals surface area contributed by atoms with E-state index in [-0.39, 0.29) is 12.4 Å². The van der Waals surface area contributed by atoms with Crippen LogP contribution in [0.15, 0.2) is 51.3 Å². The van der Waals surface area contributed by atoms with Crippen LogP contribution in [0.4, 0.5) is 0 Å². The predicted octanol–water partition coefficient (Wildman–Crippen LogP) is 4.07. The summed E-state index contributed by atoms with van der Waals surface area (Å²) in [4.78, 5) is 19.6. The van der Waals surface area contributed by atoms with E-state index in [0.29, 0.717) is 38.3 Å². The summed E-state index contributed by atoms with van der Waals surface area (Å²) in [5.41, 5.74) is 8.02. The van der Waals surface area contributed by atoms with E-state index < -0.39 is 12.0 Å². The van der Waals surface area contributed by atoms with Gasteiger partial charge in [-0.3, -0.25) is 4.90 Å². The van der Waals surface area contributed by atoms with E-state index in [9.17, 15) is 10.1 Å². The summed E-state index contributed by atoms with van der Waals surface area (Å²) in [6.07, 6.45) is 1.41. The number of nitrogens with two attached hydrogens (primary N) is 1. The standard InChI is InChI=1S/C19H19ClN4O2S/c1-3-7-13-15(18(25)26-4-2)16(11-8-5-6-9-12(11)20)24-17(22)14(10-21)27-19(24)23-13/h5-6,8-9,16H,3-4,7,22H2,1-2H3/t16-/m0/s1. The van der Waals surface area contributed by atoms with Crippen molar-refractivity contribution in [3.63, 3.8) is 0 Å². The summed E-state index contributed by atoms with van der Waals surface area (Å²) in [5, 5.41) is 10.5. The lowest BCUT2D eigenvalue weighted by atomic mass is 9.93. The van der Waals surface area contributed by atoms with Crippen molar-refractivity contribution in [1.29, 1.82) is 5.26 Å². The Balaban J connectivity index is 2.25. The molecule has 1 aromatic carbocycles. The highest BCUT2D eigenvalue weighted by Crippen LogP contribution is 2.47. The maximum Gasteiger partial charge on any atom is 0.338 e. The lowest BCUT2D eigenvalue weighted by molar-refractivity contribution is -0.139. The molecule has 2 N–H and O–H groups in total. The molecular formula is C19H19ClN4O2S. The number of aliphatic imine (C=N–C) groups is 1. The minimum absolute atomic E-state index is 0.247. The number of allylic oxidation sites excluding steroid dienone is 2. The monoisotopic (exact) mass is 402 g/mol. The Hall–Kier alpha value is -2.43. The lowest BCUT2D eigenvalue weighted by Gasteiger charge is -2.35. The van der Waals surface area contributed by atoms with Crippen LogP contribution in [-0.4, -0.2) is 22.6 Å². The molecule has 0 fully saturated rings. The van der Waals surface area contributed by atoms with Gasteiger partial charge in [0.25, 0.3) is 0 Å². The number of carbonyl (C=O) groups excluding carboxylic acids is 1. The molecule has 0 amide bonds. The van der Waals surface area contributed by atoms with Gasteiger partial charge in [-0.15, -0.1) is 0 Å². The minimum Gasteiger partial charge on any atom is -0.463 e. The molecular weight excluding hydrogens is 384 g/mol. The first-order valence-corrected chi connectivity index (χ1v) is 9.83. The molecule has 0 spiro atoms. The number of benzene rings is 1. The fourth-order valence-electron chi connectivity index (χ4n) is 3.13. The Labute approximate surface area is 167 Å². The summed E-state index contributed by atoms with van der Waals surface area (Å²) in [7, 11) is 0. The fraction of sp³-hybridized carbons (Fsp3) is 0.316. The molecule has 8 heteroatoms. The zero-order chi connectivity index (χ0) is 19.6. The van der Waals surface area contributed by atoms with Gasteiger partial charge in [0.15, 0.2) is 5.17 Å². The van der Waals surface area contributed by atoms with Crippen molar-refractivity contribution < 1.29 is 9.53 Å². The van der Waals surface area contributed by atoms with E-state index in [0.717, 1.165) is 6.42 Å². The number of amidine groups is 1. The molecule has 6 nitrogen and oxygen atoms in total. The molecule has 0 aromatic heterocycles. The molecule has 2 aliphatic rings. The number of carbonyl (C=O) groups is 1. The molecule has 0 saturated carbocycles. The van der Waals surface area contributed by atoms with Gasteiger partial charge in [0.1, 0.15) is 16.8 Å². The summed E-state index contributed by atoms with van der Waals surface area (Å²) in [5.74, 6) is -0.180. The Kier molecular flexibility index (Phi) is 5.78. The molecule has 0 bridgehead atoms. The van der Waals surface area contributed by atoms with Gasteiger partial charge < -0.3 is 10.5 Å². The third-order valence-electron chi connectivity index (χ3n) is 4.25. The van der Waals surface area contributed by atoms with E-state index in [4.69, 9.17) is 22.1 Å². The second kappa shape index (κ2) is 8.07. The number of hydrogen-bond acceptors (Lipinski definition) is 7. The first kappa shape index (κ1) is 19.3. The van der Waals surface area contributed by atoms with Crippen LogP contribution in [0.1, 0.15) is 38.3 Å². The van der Waals surface area contributed by atoms with Crippen LogP contribution >= 0.6 is 23.4 Å². The van der Waals surface area contributed by atoms with Crippen LogP contribution in [-0.2, 0) is 9.53 Å². The number of fused-ring (bicyclic) bond motifs is 1. The lowest BCUT2D eigenvalue weighted by Crippen LogP contribution is -2.39. The van der Waals surface area contributed by atoms with Crippen molar-refractivity contribution in [3.05, 3.63) is 56.8 Å². The molecule has 0 saturated heterocycles. The van der Waals surface area contributed by atoms with Crippen molar-refractivity contribution in [3.8, 4) is 6.07 Å². The van der Waals surface area contributed by atoms with Crippen LogP contribution in [0.5, 0.6) is 0 Å². The number of halogens is 1. The maximum absolute atomic E-state index is 12.9. The van der Waals surface area contributed by atoms with Crippen molar-refractivity contribution in [1.82, 2.24) is 4.90 Å². The van der Waals surface area contributed by atoms with Crippen molar-refractivity contribution in [2.75, 3.05) is 6.61 Å². The summed E-state index contributed by atoms with van der Waals surface area (Å²) >= 11 is 7.67. The molecule has 2 heterocycles. The second-order valence-electron chi connectivity index (χ2n) is 5.95. The Morgan fingerprint density at radius 1 is 1.44 bits per heavy atom. The minimum atomic E-state index is -0.592. The number of nitriles is 1. The highest BCUT2D eigenvalue weighted by atomic mass is 35.5. The highest BCUT2D eigenvalue weighted by Gasteiger charge is 2.43. The number of nitrogens with zero attached hydrogens (tertiary/aromatic N) is 3. The number of ether oxygens (including phenoxy) is 1. The predicted molar refractivity (Wildman–Crippen MR) is 106 cm³/mol. The maximum atomic E-state index is 12.9. The topological polar surface area (TPSA) is 91.7 Å². The first-order valence-electron chi connectivity index (χ1n) is 8.63. The van der Waals surface area contributed by atoms with E-state index >= 15 is 0 Å². The average molecular weight is 403 g/mol. The smallest absolute Gasteiger partial charge is 0.338 e. The number of thioether (sulfide) groups is 1. The summed E-state index contributed by atoms with van der Waals surface area (Å²) in [6, 6.07) is 8.79. The zero-order valence-electron chi connectivity index (χ0n) is 15.0. The summed E-state index contributed by atoms with van der Waals surface area (Å²) in [6.45, 7) is 4.02. The van der Waals surface area contributed by atoms with Crippen molar-refractivity contribution >= 4 is 34.5 Å². The van der Waals surface area contributed by atoms with Gasteiger partial charge in [-0.2, -0.15) is 5.26 Å². The van der Waals surface area contributed by atoms with Gasteiger partial charge in [-0.05, 0) is 36.7 Å². The molecule has 0 radical (unpaired) electrons. The van der Waals surface area contributed by atoms with Gasteiger partial charge in [-0.1, -0.05) is 43.1 Å². The van der Waals surface area contributed by atoms with Crippen LogP contribution in [0.3, 0.4) is 0 Å². The van der Waals surface area contributed by atoms with E-state index in [1.165, 1.54) is 11.8 Å². The molecule has 1 aromatic rings. The van der Waals surface area contributed by atoms with Gasteiger partial charge in [0, 0.05) is 5.02 Å². The fourth-order valence-corrected chi connectivity index (χ4v) is 4.26.